The summed E-state index contributed by atoms with van der Waals surface area (Å²) in [6.45, 7) is 0. The van der Waals surface area contributed by atoms with E-state index in [0.717, 1.165) is 23.3 Å². The second kappa shape index (κ2) is 4.55. The van der Waals surface area contributed by atoms with E-state index < -0.39 is 0 Å². The van der Waals surface area contributed by atoms with Crippen LogP contribution in [0.2, 0.25) is 5.02 Å². The standard InChI is InChI=1S/C11H8ClNOS/c12-10-5-8(1-2-9(10)7-14)6-11-13-3-4-15-11/h1-5,7H,6H2. The Morgan fingerprint density at radius 1 is 1.47 bits per heavy atom. The van der Waals surface area contributed by atoms with Crippen molar-refractivity contribution in [1.29, 1.82) is 0 Å². The lowest BCUT2D eigenvalue weighted by Crippen LogP contribution is -1.89. The van der Waals surface area contributed by atoms with Gasteiger partial charge in [-0.05, 0) is 17.7 Å². The van der Waals surface area contributed by atoms with Crippen LogP contribution in [0.25, 0.3) is 0 Å². The maximum absolute atomic E-state index is 10.6. The highest BCUT2D eigenvalue weighted by atomic mass is 35.5. The minimum Gasteiger partial charge on any atom is -0.298 e. The number of aromatic nitrogens is 1. The Hall–Kier alpha value is -1.19. The smallest absolute Gasteiger partial charge is 0.151 e. The van der Waals surface area contributed by atoms with Gasteiger partial charge in [0.25, 0.3) is 0 Å². The summed E-state index contributed by atoms with van der Waals surface area (Å²) in [6, 6.07) is 5.45. The van der Waals surface area contributed by atoms with E-state index in [-0.39, 0.29) is 0 Å². The molecule has 1 aromatic carbocycles. The Morgan fingerprint density at radius 2 is 2.33 bits per heavy atom. The van der Waals surface area contributed by atoms with Gasteiger partial charge in [-0.25, -0.2) is 4.98 Å². The number of carbonyl (C=O) groups excluding carboxylic acids is 1. The van der Waals surface area contributed by atoms with Crippen LogP contribution in [-0.2, 0) is 6.42 Å². The van der Waals surface area contributed by atoms with Crippen molar-refractivity contribution in [2.75, 3.05) is 0 Å². The fourth-order valence-electron chi connectivity index (χ4n) is 1.29. The van der Waals surface area contributed by atoms with E-state index >= 15 is 0 Å². The van der Waals surface area contributed by atoms with Gasteiger partial charge in [0.1, 0.15) is 0 Å². The molecule has 0 bridgehead atoms. The van der Waals surface area contributed by atoms with E-state index in [1.165, 1.54) is 0 Å². The number of benzene rings is 1. The molecule has 0 N–H and O–H groups in total. The Labute approximate surface area is 96.5 Å². The Balaban J connectivity index is 2.23. The van der Waals surface area contributed by atoms with Crippen LogP contribution < -0.4 is 0 Å². The molecule has 0 aliphatic carbocycles. The monoisotopic (exact) mass is 237 g/mol. The second-order valence-corrected chi connectivity index (χ2v) is 4.46. The highest BCUT2D eigenvalue weighted by Crippen LogP contribution is 2.19. The van der Waals surface area contributed by atoms with Crippen LogP contribution in [0.15, 0.2) is 29.8 Å². The van der Waals surface area contributed by atoms with Crippen LogP contribution in [0, 0.1) is 0 Å². The number of aldehydes is 1. The molecule has 0 saturated carbocycles. The number of rotatable bonds is 3. The number of nitrogens with zero attached hydrogens (tertiary/aromatic N) is 1. The summed E-state index contributed by atoms with van der Waals surface area (Å²) in [6.07, 6.45) is 3.30. The Morgan fingerprint density at radius 3 is 2.93 bits per heavy atom. The lowest BCUT2D eigenvalue weighted by atomic mass is 10.1. The van der Waals surface area contributed by atoms with Gasteiger partial charge < -0.3 is 0 Å². The lowest BCUT2D eigenvalue weighted by Gasteiger charge is -2.00. The summed E-state index contributed by atoms with van der Waals surface area (Å²) in [4.78, 5) is 14.8. The molecule has 0 radical (unpaired) electrons. The molecule has 1 heterocycles. The van der Waals surface area contributed by atoms with Crippen molar-refractivity contribution >= 4 is 29.2 Å². The number of thiazole rings is 1. The molecule has 0 aliphatic heterocycles. The third-order valence-corrected chi connectivity index (χ3v) is 3.14. The fourth-order valence-corrected chi connectivity index (χ4v) is 2.19. The van der Waals surface area contributed by atoms with Gasteiger partial charge in [0, 0.05) is 23.6 Å². The number of hydrogen-bond acceptors (Lipinski definition) is 3. The van der Waals surface area contributed by atoms with Gasteiger partial charge in [-0.3, -0.25) is 4.79 Å². The molecular weight excluding hydrogens is 230 g/mol. The highest BCUT2D eigenvalue weighted by molar-refractivity contribution is 7.09. The van der Waals surface area contributed by atoms with E-state index in [1.807, 2.05) is 17.5 Å². The van der Waals surface area contributed by atoms with Crippen molar-refractivity contribution in [3.63, 3.8) is 0 Å². The maximum Gasteiger partial charge on any atom is 0.151 e. The zero-order valence-electron chi connectivity index (χ0n) is 7.81. The van der Waals surface area contributed by atoms with E-state index in [9.17, 15) is 4.79 Å². The molecule has 0 spiro atoms. The van der Waals surface area contributed by atoms with E-state index in [4.69, 9.17) is 11.6 Å². The van der Waals surface area contributed by atoms with Gasteiger partial charge in [0.05, 0.1) is 10.0 Å². The Kier molecular flexibility index (Phi) is 3.14. The molecule has 2 aromatic rings. The lowest BCUT2D eigenvalue weighted by molar-refractivity contribution is 0.112. The summed E-state index contributed by atoms with van der Waals surface area (Å²) < 4.78 is 0. The fraction of sp³-hybridized carbons (Fsp3) is 0.0909. The zero-order chi connectivity index (χ0) is 10.7. The molecule has 0 fully saturated rings. The van der Waals surface area contributed by atoms with Gasteiger partial charge >= 0.3 is 0 Å². The van der Waals surface area contributed by atoms with Crippen molar-refractivity contribution in [3.8, 4) is 0 Å². The largest absolute Gasteiger partial charge is 0.298 e. The third kappa shape index (κ3) is 2.43. The van der Waals surface area contributed by atoms with Crippen molar-refractivity contribution in [2.45, 2.75) is 6.42 Å². The van der Waals surface area contributed by atoms with Crippen molar-refractivity contribution in [1.82, 2.24) is 4.98 Å². The number of halogens is 1. The van der Waals surface area contributed by atoms with Gasteiger partial charge in [0.2, 0.25) is 0 Å². The minimum absolute atomic E-state index is 0.499. The first kappa shape index (κ1) is 10.3. The minimum atomic E-state index is 0.499. The second-order valence-electron chi connectivity index (χ2n) is 3.08. The summed E-state index contributed by atoms with van der Waals surface area (Å²) in [5.41, 5.74) is 1.60. The van der Waals surface area contributed by atoms with Crippen LogP contribution in [-0.4, -0.2) is 11.3 Å². The van der Waals surface area contributed by atoms with Crippen LogP contribution in [0.4, 0.5) is 0 Å². The number of hydrogen-bond donors (Lipinski definition) is 0. The molecule has 0 aliphatic rings. The van der Waals surface area contributed by atoms with Crippen LogP contribution in [0.1, 0.15) is 20.9 Å². The summed E-state index contributed by atoms with van der Waals surface area (Å²) in [5.74, 6) is 0. The van der Waals surface area contributed by atoms with E-state index in [1.54, 1.807) is 23.6 Å². The molecule has 4 heteroatoms. The van der Waals surface area contributed by atoms with Gasteiger partial charge in [-0.15, -0.1) is 11.3 Å². The molecular formula is C11H8ClNOS. The average molecular weight is 238 g/mol. The SMILES string of the molecule is O=Cc1ccc(Cc2nccs2)cc1Cl. The first-order valence-electron chi connectivity index (χ1n) is 4.41. The first-order chi connectivity index (χ1) is 7.29. The first-order valence-corrected chi connectivity index (χ1v) is 5.67. The molecule has 76 valence electrons. The van der Waals surface area contributed by atoms with Crippen LogP contribution >= 0.6 is 22.9 Å². The number of carbonyl (C=O) groups is 1. The Bertz CT molecular complexity index is 467. The summed E-state index contributed by atoms with van der Waals surface area (Å²) >= 11 is 7.53. The summed E-state index contributed by atoms with van der Waals surface area (Å²) in [7, 11) is 0. The molecule has 0 amide bonds. The quantitative estimate of drug-likeness (QED) is 0.768. The molecule has 0 unspecified atom stereocenters. The molecule has 2 rings (SSSR count). The molecule has 15 heavy (non-hydrogen) atoms. The van der Waals surface area contributed by atoms with Gasteiger partial charge in [-0.2, -0.15) is 0 Å². The molecule has 2 nitrogen and oxygen atoms in total. The molecule has 0 atom stereocenters. The van der Waals surface area contributed by atoms with Crippen LogP contribution in [0.5, 0.6) is 0 Å². The normalized spacial score (nSPS) is 10.2. The predicted octanol–water partition coefficient (Wildman–Crippen LogP) is 3.20. The third-order valence-electron chi connectivity index (χ3n) is 2.03. The average Bonchev–Trinajstić information content (AvgIpc) is 2.71. The van der Waals surface area contributed by atoms with Crippen LogP contribution in [0.3, 0.4) is 0 Å². The van der Waals surface area contributed by atoms with Gasteiger partial charge in [-0.1, -0.05) is 17.7 Å². The summed E-state index contributed by atoms with van der Waals surface area (Å²) in [5, 5.41) is 3.49. The topological polar surface area (TPSA) is 30.0 Å². The van der Waals surface area contributed by atoms with Crippen molar-refractivity contribution in [3.05, 3.63) is 50.9 Å². The predicted molar refractivity (Wildman–Crippen MR) is 61.8 cm³/mol. The van der Waals surface area contributed by atoms with E-state index in [0.29, 0.717) is 10.6 Å². The van der Waals surface area contributed by atoms with Crippen molar-refractivity contribution < 1.29 is 4.79 Å². The van der Waals surface area contributed by atoms with E-state index in [2.05, 4.69) is 4.98 Å². The van der Waals surface area contributed by atoms with Gasteiger partial charge in [0.15, 0.2) is 6.29 Å². The molecule has 0 saturated heterocycles. The highest BCUT2D eigenvalue weighted by Gasteiger charge is 2.03. The maximum atomic E-state index is 10.6. The van der Waals surface area contributed by atoms with Crippen molar-refractivity contribution in [2.24, 2.45) is 0 Å². The molecule has 1 aromatic heterocycles. The zero-order valence-corrected chi connectivity index (χ0v) is 9.39.